The first-order chi connectivity index (χ1) is 11.1. The van der Waals surface area contributed by atoms with E-state index in [0.29, 0.717) is 28.1 Å². The van der Waals surface area contributed by atoms with Crippen molar-refractivity contribution < 1.29 is 9.53 Å². The molecule has 0 aliphatic carbocycles. The van der Waals surface area contributed by atoms with E-state index in [-0.39, 0.29) is 5.91 Å². The summed E-state index contributed by atoms with van der Waals surface area (Å²) in [7, 11) is 1.65. The number of carbonyl (C=O) groups excluding carboxylic acids is 1. The number of benzene rings is 2. The summed E-state index contributed by atoms with van der Waals surface area (Å²) in [5, 5.41) is 0.732. The highest BCUT2D eigenvalue weighted by atomic mass is 35.5. The highest BCUT2D eigenvalue weighted by molar-refractivity contribution is 6.43. The lowest BCUT2D eigenvalue weighted by Crippen LogP contribution is -2.28. The van der Waals surface area contributed by atoms with Crippen molar-refractivity contribution in [1.82, 2.24) is 4.90 Å². The average molecular weight is 350 g/mol. The molecule has 0 N–H and O–H groups in total. The summed E-state index contributed by atoms with van der Waals surface area (Å²) in [6.07, 6.45) is 0.941. The number of likely N-dealkylation sites (tertiary alicyclic amines) is 1. The molecule has 1 heterocycles. The molecule has 1 saturated heterocycles. The third-order valence-electron chi connectivity index (χ3n) is 4.24. The van der Waals surface area contributed by atoms with Crippen LogP contribution in [0.3, 0.4) is 0 Å². The predicted octanol–water partition coefficient (Wildman–Crippen LogP) is 4.63. The summed E-state index contributed by atoms with van der Waals surface area (Å²) >= 11 is 12.2. The van der Waals surface area contributed by atoms with Gasteiger partial charge in [-0.3, -0.25) is 4.79 Å². The van der Waals surface area contributed by atoms with Crippen LogP contribution in [0.2, 0.25) is 10.0 Å². The number of halogens is 2. The summed E-state index contributed by atoms with van der Waals surface area (Å²) in [6, 6.07) is 13.2. The van der Waals surface area contributed by atoms with Gasteiger partial charge in [0.25, 0.3) is 5.91 Å². The zero-order valence-corrected chi connectivity index (χ0v) is 14.3. The fraction of sp³-hybridized carbons (Fsp3) is 0.278. The van der Waals surface area contributed by atoms with Crippen LogP contribution in [-0.4, -0.2) is 31.0 Å². The minimum Gasteiger partial charge on any atom is -0.497 e. The highest BCUT2D eigenvalue weighted by Crippen LogP contribution is 2.32. The summed E-state index contributed by atoms with van der Waals surface area (Å²) < 4.78 is 5.18. The van der Waals surface area contributed by atoms with Gasteiger partial charge in [-0.15, -0.1) is 0 Å². The van der Waals surface area contributed by atoms with Crippen molar-refractivity contribution in [2.45, 2.75) is 12.3 Å². The van der Waals surface area contributed by atoms with E-state index < -0.39 is 0 Å². The fourth-order valence-electron chi connectivity index (χ4n) is 2.93. The maximum absolute atomic E-state index is 12.7. The average Bonchev–Trinajstić information content (AvgIpc) is 3.07. The lowest BCUT2D eigenvalue weighted by atomic mass is 9.98. The maximum Gasteiger partial charge on any atom is 0.255 e. The van der Waals surface area contributed by atoms with Crippen LogP contribution in [0.15, 0.2) is 42.5 Å². The van der Waals surface area contributed by atoms with Crippen molar-refractivity contribution in [2.75, 3.05) is 20.2 Å². The normalized spacial score (nSPS) is 17.3. The summed E-state index contributed by atoms with van der Waals surface area (Å²) in [5.74, 6) is 1.11. The van der Waals surface area contributed by atoms with Gasteiger partial charge >= 0.3 is 0 Å². The lowest BCUT2D eigenvalue weighted by molar-refractivity contribution is 0.0791. The standard InChI is InChI=1S/C18H17Cl2NO2/c1-23-14-7-5-12(6-8-14)13-9-10-21(11-13)18(22)15-3-2-4-16(19)17(15)20/h2-8,13H,9-11H2,1H3. The van der Waals surface area contributed by atoms with Gasteiger partial charge in [-0.25, -0.2) is 0 Å². The fourth-order valence-corrected chi connectivity index (χ4v) is 3.31. The molecule has 0 spiro atoms. The first-order valence-electron chi connectivity index (χ1n) is 7.47. The van der Waals surface area contributed by atoms with Crippen LogP contribution >= 0.6 is 23.2 Å². The van der Waals surface area contributed by atoms with E-state index in [1.54, 1.807) is 25.3 Å². The number of amides is 1. The van der Waals surface area contributed by atoms with Gasteiger partial charge in [0.15, 0.2) is 0 Å². The van der Waals surface area contributed by atoms with Crippen molar-refractivity contribution in [3.05, 3.63) is 63.6 Å². The monoisotopic (exact) mass is 349 g/mol. The molecule has 2 aromatic carbocycles. The van der Waals surface area contributed by atoms with Crippen LogP contribution in [0.25, 0.3) is 0 Å². The first-order valence-corrected chi connectivity index (χ1v) is 8.23. The van der Waals surface area contributed by atoms with Gasteiger partial charge in [-0.1, -0.05) is 41.4 Å². The molecular formula is C18H17Cl2NO2. The predicted molar refractivity (Wildman–Crippen MR) is 92.7 cm³/mol. The number of carbonyl (C=O) groups is 1. The van der Waals surface area contributed by atoms with Crippen molar-refractivity contribution >= 4 is 29.1 Å². The molecule has 1 atom stereocenters. The van der Waals surface area contributed by atoms with E-state index in [1.807, 2.05) is 17.0 Å². The molecule has 0 aromatic heterocycles. The summed E-state index contributed by atoms with van der Waals surface area (Å²) in [6.45, 7) is 1.41. The molecule has 120 valence electrons. The molecule has 3 nitrogen and oxygen atoms in total. The van der Waals surface area contributed by atoms with Gasteiger partial charge in [-0.2, -0.15) is 0 Å². The largest absolute Gasteiger partial charge is 0.497 e. The summed E-state index contributed by atoms with van der Waals surface area (Å²) in [5.41, 5.74) is 1.69. The van der Waals surface area contributed by atoms with E-state index in [4.69, 9.17) is 27.9 Å². The Hall–Kier alpha value is -1.71. The van der Waals surface area contributed by atoms with Crippen molar-refractivity contribution in [3.63, 3.8) is 0 Å². The second kappa shape index (κ2) is 6.81. The molecule has 0 bridgehead atoms. The molecule has 5 heteroatoms. The van der Waals surface area contributed by atoms with Crippen LogP contribution in [0.4, 0.5) is 0 Å². The van der Waals surface area contributed by atoms with E-state index in [1.165, 1.54) is 5.56 Å². The number of hydrogen-bond donors (Lipinski definition) is 0. The molecule has 23 heavy (non-hydrogen) atoms. The smallest absolute Gasteiger partial charge is 0.255 e. The Labute approximate surface area is 145 Å². The third kappa shape index (κ3) is 3.31. The van der Waals surface area contributed by atoms with E-state index in [9.17, 15) is 4.79 Å². The van der Waals surface area contributed by atoms with Crippen LogP contribution in [-0.2, 0) is 0 Å². The highest BCUT2D eigenvalue weighted by Gasteiger charge is 2.29. The van der Waals surface area contributed by atoms with E-state index in [0.717, 1.165) is 18.7 Å². The molecule has 3 rings (SSSR count). The zero-order valence-electron chi connectivity index (χ0n) is 12.8. The Kier molecular flexibility index (Phi) is 4.79. The maximum atomic E-state index is 12.7. The second-order valence-corrected chi connectivity index (χ2v) is 6.40. The number of ether oxygens (including phenoxy) is 1. The number of rotatable bonds is 3. The first kappa shape index (κ1) is 16.2. The quantitative estimate of drug-likeness (QED) is 0.808. The lowest BCUT2D eigenvalue weighted by Gasteiger charge is -2.18. The van der Waals surface area contributed by atoms with Crippen LogP contribution < -0.4 is 4.74 Å². The summed E-state index contributed by atoms with van der Waals surface area (Å²) in [4.78, 5) is 14.5. The molecule has 1 aliphatic rings. The number of nitrogens with zero attached hydrogens (tertiary/aromatic N) is 1. The molecule has 1 fully saturated rings. The number of methoxy groups -OCH3 is 1. The Morgan fingerprint density at radius 2 is 1.91 bits per heavy atom. The molecule has 1 amide bonds. The van der Waals surface area contributed by atoms with E-state index in [2.05, 4.69) is 12.1 Å². The molecule has 1 aliphatic heterocycles. The second-order valence-electron chi connectivity index (χ2n) is 5.61. The van der Waals surface area contributed by atoms with Gasteiger partial charge in [0, 0.05) is 19.0 Å². The van der Waals surface area contributed by atoms with E-state index >= 15 is 0 Å². The zero-order chi connectivity index (χ0) is 16.4. The molecule has 2 aromatic rings. The Morgan fingerprint density at radius 3 is 2.61 bits per heavy atom. The van der Waals surface area contributed by atoms with Crippen LogP contribution in [0.1, 0.15) is 28.3 Å². The van der Waals surface area contributed by atoms with Crippen LogP contribution in [0.5, 0.6) is 5.75 Å². The molecule has 0 saturated carbocycles. The Balaban J connectivity index is 1.74. The molecule has 1 unspecified atom stereocenters. The van der Waals surface area contributed by atoms with Gasteiger partial charge in [-0.05, 0) is 36.2 Å². The van der Waals surface area contributed by atoms with Crippen molar-refractivity contribution in [1.29, 1.82) is 0 Å². The van der Waals surface area contributed by atoms with Crippen LogP contribution in [0, 0.1) is 0 Å². The van der Waals surface area contributed by atoms with Gasteiger partial charge in [0.2, 0.25) is 0 Å². The van der Waals surface area contributed by atoms with Gasteiger partial charge in [0.1, 0.15) is 5.75 Å². The van der Waals surface area contributed by atoms with Gasteiger partial charge in [0.05, 0.1) is 22.7 Å². The topological polar surface area (TPSA) is 29.5 Å². The molecular weight excluding hydrogens is 333 g/mol. The van der Waals surface area contributed by atoms with Crippen molar-refractivity contribution in [3.8, 4) is 5.75 Å². The Morgan fingerprint density at radius 1 is 1.17 bits per heavy atom. The van der Waals surface area contributed by atoms with Crippen molar-refractivity contribution in [2.24, 2.45) is 0 Å². The third-order valence-corrected chi connectivity index (χ3v) is 5.06. The SMILES string of the molecule is COc1ccc(C2CCN(C(=O)c3cccc(Cl)c3Cl)C2)cc1. The minimum atomic E-state index is -0.0616. The van der Waals surface area contributed by atoms with Gasteiger partial charge < -0.3 is 9.64 Å². The Bertz CT molecular complexity index is 715. The number of hydrogen-bond acceptors (Lipinski definition) is 2. The molecule has 0 radical (unpaired) electrons. The minimum absolute atomic E-state index is 0.0616.